The monoisotopic (exact) mass is 265 g/mol. The first-order valence-corrected chi connectivity index (χ1v) is 7.55. The highest BCUT2D eigenvalue weighted by Crippen LogP contribution is 2.37. The predicted octanol–water partition coefficient (Wildman–Crippen LogP) is 3.17. The van der Waals surface area contributed by atoms with Crippen molar-refractivity contribution in [3.63, 3.8) is 0 Å². The molecule has 1 aliphatic carbocycles. The zero-order valence-corrected chi connectivity index (χ0v) is 13.6. The van der Waals surface area contributed by atoms with Crippen molar-refractivity contribution in [3.8, 4) is 6.07 Å². The Hall–Kier alpha value is -0.590. The zero-order chi connectivity index (χ0) is 14.7. The fourth-order valence-electron chi connectivity index (χ4n) is 3.09. The second-order valence-electron chi connectivity index (χ2n) is 7.31. The van der Waals surface area contributed by atoms with Crippen LogP contribution in [-0.4, -0.2) is 36.6 Å². The third-order valence-electron chi connectivity index (χ3n) is 5.08. The van der Waals surface area contributed by atoms with Crippen LogP contribution < -0.4 is 5.32 Å². The molecule has 2 unspecified atom stereocenters. The third-order valence-corrected chi connectivity index (χ3v) is 5.08. The second-order valence-corrected chi connectivity index (χ2v) is 7.31. The summed E-state index contributed by atoms with van der Waals surface area (Å²) in [6, 6.07) is 3.51. The van der Waals surface area contributed by atoms with Gasteiger partial charge in [-0.25, -0.2) is 0 Å². The molecule has 0 aliphatic heterocycles. The predicted molar refractivity (Wildman–Crippen MR) is 81.0 cm³/mol. The van der Waals surface area contributed by atoms with E-state index in [2.05, 4.69) is 44.1 Å². The van der Waals surface area contributed by atoms with Crippen molar-refractivity contribution >= 4 is 0 Å². The lowest BCUT2D eigenvalue weighted by Crippen LogP contribution is -2.48. The molecule has 0 amide bonds. The number of hydrogen-bond acceptors (Lipinski definition) is 3. The smallest absolute Gasteiger partial charge is 0.105 e. The summed E-state index contributed by atoms with van der Waals surface area (Å²) < 4.78 is 0. The van der Waals surface area contributed by atoms with Crippen molar-refractivity contribution in [3.05, 3.63) is 0 Å². The van der Waals surface area contributed by atoms with E-state index in [9.17, 15) is 5.26 Å². The van der Waals surface area contributed by atoms with Gasteiger partial charge in [-0.1, -0.05) is 13.8 Å². The highest BCUT2D eigenvalue weighted by atomic mass is 15.2. The molecule has 1 saturated carbocycles. The molecule has 3 heteroatoms. The fourth-order valence-corrected chi connectivity index (χ4v) is 3.09. The molecule has 3 nitrogen and oxygen atoms in total. The van der Waals surface area contributed by atoms with Crippen molar-refractivity contribution in [2.45, 2.75) is 77.4 Å². The molecular weight excluding hydrogens is 234 g/mol. The Morgan fingerprint density at radius 1 is 1.42 bits per heavy atom. The Bertz CT molecular complexity index is 321. The van der Waals surface area contributed by atoms with Gasteiger partial charge < -0.3 is 10.2 Å². The maximum Gasteiger partial charge on any atom is 0.105 e. The topological polar surface area (TPSA) is 39.1 Å². The number of nitriles is 1. The first kappa shape index (κ1) is 16.5. The molecule has 0 spiro atoms. The molecule has 0 heterocycles. The first-order chi connectivity index (χ1) is 8.73. The lowest BCUT2D eigenvalue weighted by molar-refractivity contribution is 0.0898. The van der Waals surface area contributed by atoms with Crippen LogP contribution in [-0.2, 0) is 0 Å². The SMILES string of the molecule is CNC(C)(C#N)CC(C)N(C)C1CCC(C)(C)CC1. The minimum Gasteiger partial charge on any atom is -0.303 e. The fraction of sp³-hybridized carbons (Fsp3) is 0.938. The Kier molecular flexibility index (Phi) is 5.41. The van der Waals surface area contributed by atoms with Crippen LogP contribution in [0.4, 0.5) is 0 Å². The van der Waals surface area contributed by atoms with E-state index in [0.717, 1.165) is 6.42 Å². The molecule has 1 aliphatic rings. The summed E-state index contributed by atoms with van der Waals surface area (Å²) in [6.07, 6.45) is 6.08. The van der Waals surface area contributed by atoms with Gasteiger partial charge in [-0.3, -0.25) is 0 Å². The number of hydrogen-bond donors (Lipinski definition) is 1. The van der Waals surface area contributed by atoms with Crippen LogP contribution in [0.5, 0.6) is 0 Å². The van der Waals surface area contributed by atoms with Crippen LogP contribution >= 0.6 is 0 Å². The summed E-state index contributed by atoms with van der Waals surface area (Å²) in [5.41, 5.74) is 0.105. The maximum absolute atomic E-state index is 9.26. The highest BCUT2D eigenvalue weighted by Gasteiger charge is 2.32. The molecule has 2 atom stereocenters. The van der Waals surface area contributed by atoms with Gasteiger partial charge in [0, 0.05) is 12.1 Å². The van der Waals surface area contributed by atoms with E-state index >= 15 is 0 Å². The van der Waals surface area contributed by atoms with E-state index in [-0.39, 0.29) is 0 Å². The molecule has 0 bridgehead atoms. The van der Waals surface area contributed by atoms with E-state index in [1.807, 2.05) is 14.0 Å². The van der Waals surface area contributed by atoms with Crippen LogP contribution in [0.15, 0.2) is 0 Å². The summed E-state index contributed by atoms with van der Waals surface area (Å²) in [4.78, 5) is 2.49. The van der Waals surface area contributed by atoms with Crippen LogP contribution in [0, 0.1) is 16.7 Å². The molecular formula is C16H31N3. The molecule has 0 saturated heterocycles. The molecule has 0 aromatic rings. The van der Waals surface area contributed by atoms with Crippen LogP contribution in [0.2, 0.25) is 0 Å². The maximum atomic E-state index is 9.26. The summed E-state index contributed by atoms with van der Waals surface area (Å²) in [5, 5.41) is 12.4. The van der Waals surface area contributed by atoms with E-state index < -0.39 is 5.54 Å². The molecule has 1 rings (SSSR count). The van der Waals surface area contributed by atoms with Crippen molar-refractivity contribution in [1.82, 2.24) is 10.2 Å². The molecule has 0 radical (unpaired) electrons. The molecule has 0 aromatic heterocycles. The number of nitrogens with zero attached hydrogens (tertiary/aromatic N) is 2. The minimum absolute atomic E-state index is 0.415. The first-order valence-electron chi connectivity index (χ1n) is 7.55. The van der Waals surface area contributed by atoms with Gasteiger partial charge in [0.1, 0.15) is 5.54 Å². The van der Waals surface area contributed by atoms with Gasteiger partial charge >= 0.3 is 0 Å². The second kappa shape index (κ2) is 6.24. The highest BCUT2D eigenvalue weighted by molar-refractivity contribution is 5.04. The average molecular weight is 265 g/mol. The molecule has 1 N–H and O–H groups in total. The average Bonchev–Trinajstić information content (AvgIpc) is 2.37. The van der Waals surface area contributed by atoms with Gasteiger partial charge in [0.15, 0.2) is 0 Å². The van der Waals surface area contributed by atoms with E-state index in [1.54, 1.807) is 0 Å². The van der Waals surface area contributed by atoms with Gasteiger partial charge in [0.25, 0.3) is 0 Å². The summed E-state index contributed by atoms with van der Waals surface area (Å²) >= 11 is 0. The van der Waals surface area contributed by atoms with Gasteiger partial charge in [-0.05, 0) is 65.5 Å². The van der Waals surface area contributed by atoms with Crippen LogP contribution in [0.1, 0.15) is 59.8 Å². The van der Waals surface area contributed by atoms with Gasteiger partial charge in [-0.2, -0.15) is 5.26 Å². The van der Waals surface area contributed by atoms with Crippen LogP contribution in [0.3, 0.4) is 0 Å². The summed E-state index contributed by atoms with van der Waals surface area (Å²) in [7, 11) is 4.10. The van der Waals surface area contributed by atoms with Gasteiger partial charge in [-0.15, -0.1) is 0 Å². The largest absolute Gasteiger partial charge is 0.303 e. The van der Waals surface area contributed by atoms with Crippen molar-refractivity contribution in [1.29, 1.82) is 5.26 Å². The Morgan fingerprint density at radius 3 is 2.37 bits per heavy atom. The van der Waals surface area contributed by atoms with Crippen molar-refractivity contribution in [2.24, 2.45) is 5.41 Å². The number of nitrogens with one attached hydrogen (secondary N) is 1. The Balaban J connectivity index is 2.54. The standard InChI is InChI=1S/C16H31N3/c1-13(11-16(4,12-17)18-5)19(6)14-7-9-15(2,3)10-8-14/h13-14,18H,7-11H2,1-6H3. The Labute approximate surface area is 119 Å². The molecule has 110 valence electrons. The normalized spacial score (nSPS) is 24.7. The quantitative estimate of drug-likeness (QED) is 0.830. The van der Waals surface area contributed by atoms with Gasteiger partial charge in [0.05, 0.1) is 6.07 Å². The minimum atomic E-state index is -0.415. The van der Waals surface area contributed by atoms with E-state index in [1.165, 1.54) is 25.7 Å². The van der Waals surface area contributed by atoms with Gasteiger partial charge in [0.2, 0.25) is 0 Å². The molecule has 1 fully saturated rings. The molecule has 0 aromatic carbocycles. The third kappa shape index (κ3) is 4.47. The summed E-state index contributed by atoms with van der Waals surface area (Å²) in [5.74, 6) is 0. The lowest BCUT2D eigenvalue weighted by atomic mass is 9.75. The zero-order valence-electron chi connectivity index (χ0n) is 13.6. The van der Waals surface area contributed by atoms with Crippen molar-refractivity contribution in [2.75, 3.05) is 14.1 Å². The Morgan fingerprint density at radius 2 is 1.95 bits per heavy atom. The number of rotatable bonds is 5. The van der Waals surface area contributed by atoms with E-state index in [4.69, 9.17) is 0 Å². The van der Waals surface area contributed by atoms with E-state index in [0.29, 0.717) is 17.5 Å². The summed E-state index contributed by atoms with van der Waals surface area (Å²) in [6.45, 7) is 8.98. The molecule has 19 heavy (non-hydrogen) atoms. The lowest BCUT2D eigenvalue weighted by Gasteiger charge is -2.42. The van der Waals surface area contributed by atoms with Crippen molar-refractivity contribution < 1.29 is 0 Å². The van der Waals surface area contributed by atoms with Crippen LogP contribution in [0.25, 0.3) is 0 Å².